The van der Waals surface area contributed by atoms with E-state index in [0.29, 0.717) is 0 Å². The van der Waals surface area contributed by atoms with E-state index >= 15 is 0 Å². The van der Waals surface area contributed by atoms with Crippen LogP contribution in [0.15, 0.2) is 35.2 Å². The van der Waals surface area contributed by atoms with Gasteiger partial charge in [0.15, 0.2) is 12.2 Å². The molecule has 0 bridgehead atoms. The van der Waals surface area contributed by atoms with E-state index in [2.05, 4.69) is 0 Å². The normalized spacial score (nSPS) is 18.6. The van der Waals surface area contributed by atoms with Gasteiger partial charge in [0.25, 0.3) is 0 Å². The first-order valence-corrected chi connectivity index (χ1v) is 9.90. The molecule has 0 fully saturated rings. The minimum Gasteiger partial charge on any atom is -0.457 e. The van der Waals surface area contributed by atoms with Gasteiger partial charge in [-0.3, -0.25) is 8.93 Å². The van der Waals surface area contributed by atoms with Gasteiger partial charge >= 0.3 is 0 Å². The van der Waals surface area contributed by atoms with Gasteiger partial charge in [0.05, 0.1) is 11.6 Å². The summed E-state index contributed by atoms with van der Waals surface area (Å²) in [6.45, 7) is 0. The van der Waals surface area contributed by atoms with Crippen LogP contribution in [-0.4, -0.2) is 21.5 Å². The Balaban J connectivity index is 2.12. The average molecular weight is 409 g/mol. The molecule has 2 atom stereocenters. The molecule has 0 unspecified atom stereocenters. The number of nitrogens with zero attached hydrogens (tertiary/aromatic N) is 2. The number of hydrogen-bond donors (Lipinski definition) is 3. The van der Waals surface area contributed by atoms with Gasteiger partial charge in [0.2, 0.25) is 0 Å². The average Bonchev–Trinajstić information content (AvgIpc) is 2.97. The molecule has 0 aromatic heterocycles. The monoisotopic (exact) mass is 409 g/mol. The predicted octanol–water partition coefficient (Wildman–Crippen LogP) is 2.71. The number of fused-ring (bicyclic) bond motifs is 1. The number of ether oxygens (including phenoxy) is 1. The summed E-state index contributed by atoms with van der Waals surface area (Å²) in [5.74, 6) is -0.715. The number of aliphatic hydroxyl groups excluding tert-OH is 1. The molecular weight excluding hydrogens is 395 g/mol. The Morgan fingerprint density at radius 3 is 2.71 bits per heavy atom. The maximum absolute atomic E-state index is 14.2. The van der Waals surface area contributed by atoms with Crippen molar-refractivity contribution in [1.29, 1.82) is 10.5 Å². The van der Waals surface area contributed by atoms with Crippen LogP contribution in [0.4, 0.5) is 13.2 Å². The molecule has 0 amide bonds. The highest BCUT2D eigenvalue weighted by Gasteiger charge is 2.38. The lowest BCUT2D eigenvalue weighted by Gasteiger charge is -2.24. The quantitative estimate of drug-likeness (QED) is 0.400. The number of halogens is 3. The van der Waals surface area contributed by atoms with E-state index in [0.717, 1.165) is 12.1 Å². The van der Waals surface area contributed by atoms with Crippen molar-refractivity contribution in [2.24, 2.45) is 0 Å². The van der Waals surface area contributed by atoms with E-state index in [-0.39, 0.29) is 39.5 Å². The minimum absolute atomic E-state index is 0.00631. The standard InChI is InChI=1S/C18H14F3N3O3S/c19-8-28(26,24-9-23)16-2-1-15(13-6-14(21)18(25)17(13)16)27-12-4-10(7-22)3-11(20)5-12/h1-5,14,18,25,28H,6,8H2,(H,24,26)/t14-,18-/m1/s1. The highest BCUT2D eigenvalue weighted by molar-refractivity contribution is 8.01. The summed E-state index contributed by atoms with van der Waals surface area (Å²) in [5.41, 5.74) is 0.0196. The Hall–Kier alpha value is -3.08. The third-order valence-corrected chi connectivity index (χ3v) is 6.31. The molecule has 3 rings (SSSR count). The van der Waals surface area contributed by atoms with E-state index in [4.69, 9.17) is 15.3 Å². The van der Waals surface area contributed by atoms with Crippen LogP contribution < -0.4 is 9.46 Å². The number of aliphatic hydroxyl groups is 1. The van der Waals surface area contributed by atoms with E-state index < -0.39 is 34.2 Å². The number of hydrogen-bond acceptors (Lipinski definition) is 5. The van der Waals surface area contributed by atoms with Crippen LogP contribution in [0, 0.1) is 28.6 Å². The van der Waals surface area contributed by atoms with E-state index in [1.54, 1.807) is 6.07 Å². The molecule has 0 radical (unpaired) electrons. The first-order valence-electron chi connectivity index (χ1n) is 8.01. The van der Waals surface area contributed by atoms with Gasteiger partial charge in [0.1, 0.15) is 29.6 Å². The summed E-state index contributed by atoms with van der Waals surface area (Å²) in [6, 6.07) is 6.10. The zero-order chi connectivity index (χ0) is 20.5. The maximum Gasteiger partial charge on any atom is 0.188 e. The second kappa shape index (κ2) is 7.50. The molecule has 0 heterocycles. The Kier molecular flexibility index (Phi) is 5.27. The fourth-order valence-corrected chi connectivity index (χ4v) is 4.56. The fraction of sp³-hybridized carbons (Fsp3) is 0.222. The molecule has 1 aliphatic carbocycles. The van der Waals surface area contributed by atoms with Crippen molar-refractivity contribution in [2.75, 3.05) is 6.01 Å². The Morgan fingerprint density at radius 1 is 1.32 bits per heavy atom. The highest BCUT2D eigenvalue weighted by atomic mass is 32.3. The summed E-state index contributed by atoms with van der Waals surface area (Å²) < 4.78 is 61.4. The summed E-state index contributed by atoms with van der Waals surface area (Å²) in [4.78, 5) is -0.205. The van der Waals surface area contributed by atoms with Gasteiger partial charge in [-0.1, -0.05) is 0 Å². The van der Waals surface area contributed by atoms with Crippen molar-refractivity contribution in [3.8, 4) is 23.8 Å². The highest BCUT2D eigenvalue weighted by Crippen LogP contribution is 2.44. The Bertz CT molecular complexity index is 1060. The van der Waals surface area contributed by atoms with Crippen LogP contribution in [0.25, 0.3) is 0 Å². The summed E-state index contributed by atoms with van der Waals surface area (Å²) >= 11 is 0. The molecule has 1 aliphatic rings. The Labute approximate surface area is 159 Å². The number of nitriles is 2. The summed E-state index contributed by atoms with van der Waals surface area (Å²) in [6.07, 6.45) is -2.33. The smallest absolute Gasteiger partial charge is 0.188 e. The number of nitrogens with one attached hydrogen (secondary N) is 1. The van der Waals surface area contributed by atoms with Gasteiger partial charge in [-0.2, -0.15) is 10.5 Å². The zero-order valence-electron chi connectivity index (χ0n) is 14.2. The predicted molar refractivity (Wildman–Crippen MR) is 93.7 cm³/mol. The molecular formula is C18H14F3N3O3S. The molecule has 0 aliphatic heterocycles. The molecule has 6 nitrogen and oxygen atoms in total. The number of alkyl halides is 2. The molecule has 0 saturated carbocycles. The number of benzene rings is 2. The van der Waals surface area contributed by atoms with Crippen LogP contribution in [-0.2, 0) is 16.5 Å². The number of thiol groups is 1. The van der Waals surface area contributed by atoms with Crippen LogP contribution in [0.5, 0.6) is 11.5 Å². The topological polar surface area (TPSA) is 106 Å². The van der Waals surface area contributed by atoms with Crippen molar-refractivity contribution in [2.45, 2.75) is 23.6 Å². The van der Waals surface area contributed by atoms with Gasteiger partial charge in [-0.15, -0.1) is 0 Å². The van der Waals surface area contributed by atoms with Crippen molar-refractivity contribution < 1.29 is 27.2 Å². The van der Waals surface area contributed by atoms with E-state index in [1.165, 1.54) is 24.4 Å². The lowest BCUT2D eigenvalue weighted by molar-refractivity contribution is 0.0907. The van der Waals surface area contributed by atoms with E-state index in [9.17, 15) is 22.5 Å². The molecule has 28 heavy (non-hydrogen) atoms. The number of rotatable bonds is 5. The minimum atomic E-state index is -4.04. The van der Waals surface area contributed by atoms with Crippen LogP contribution >= 0.6 is 0 Å². The third-order valence-electron chi connectivity index (χ3n) is 4.34. The second-order valence-electron chi connectivity index (χ2n) is 6.11. The van der Waals surface area contributed by atoms with Gasteiger partial charge < -0.3 is 9.84 Å². The SMILES string of the molecule is N#CN[SH](=O)(CF)c1ccc(Oc2cc(F)cc(C#N)c2)c2c1[C@H](O)[C@H](F)C2. The zero-order valence-corrected chi connectivity index (χ0v) is 15.1. The molecule has 2 aromatic carbocycles. The van der Waals surface area contributed by atoms with Crippen LogP contribution in [0.3, 0.4) is 0 Å². The third kappa shape index (κ3) is 3.40. The molecule has 2 N–H and O–H groups in total. The maximum atomic E-state index is 14.2. The van der Waals surface area contributed by atoms with Crippen molar-refractivity contribution in [1.82, 2.24) is 4.72 Å². The molecule has 2 aromatic rings. The first kappa shape index (κ1) is 19.7. The first-order chi connectivity index (χ1) is 13.3. The fourth-order valence-electron chi connectivity index (χ4n) is 3.12. The second-order valence-corrected chi connectivity index (χ2v) is 8.54. The lowest BCUT2D eigenvalue weighted by Crippen LogP contribution is -2.31. The largest absolute Gasteiger partial charge is 0.457 e. The summed E-state index contributed by atoms with van der Waals surface area (Å²) in [5, 5.41) is 27.9. The molecule has 146 valence electrons. The molecule has 0 spiro atoms. The van der Waals surface area contributed by atoms with Gasteiger partial charge in [-0.05, 0) is 24.3 Å². The lowest BCUT2D eigenvalue weighted by atomic mass is 10.1. The molecule has 10 heteroatoms. The van der Waals surface area contributed by atoms with Crippen molar-refractivity contribution >= 4 is 10.1 Å². The molecule has 0 saturated heterocycles. The van der Waals surface area contributed by atoms with Crippen LogP contribution in [0.1, 0.15) is 22.8 Å². The summed E-state index contributed by atoms with van der Waals surface area (Å²) in [7, 11) is -4.04. The van der Waals surface area contributed by atoms with Crippen LogP contribution in [0.2, 0.25) is 0 Å². The van der Waals surface area contributed by atoms with Crippen molar-refractivity contribution in [3.63, 3.8) is 0 Å². The van der Waals surface area contributed by atoms with Gasteiger partial charge in [0, 0.05) is 38.6 Å². The van der Waals surface area contributed by atoms with Gasteiger partial charge in [-0.25, -0.2) is 13.2 Å². The Morgan fingerprint density at radius 2 is 2.07 bits per heavy atom. The van der Waals surface area contributed by atoms with Crippen molar-refractivity contribution in [3.05, 3.63) is 52.8 Å². The van der Waals surface area contributed by atoms with E-state index in [1.807, 2.05) is 4.72 Å².